The van der Waals surface area contributed by atoms with E-state index in [9.17, 15) is 18.3 Å². The minimum absolute atomic E-state index is 0.0378. The zero-order chi connectivity index (χ0) is 20.9. The Morgan fingerprint density at radius 1 is 1.24 bits per heavy atom. The predicted molar refractivity (Wildman–Crippen MR) is 109 cm³/mol. The minimum atomic E-state index is -3.78. The molecule has 1 saturated carbocycles. The molecule has 29 heavy (non-hydrogen) atoms. The SMILES string of the molecule is NC(CC1CCCCC1)C(=O)NC1CCCN(S(=O)(=O)c2ccccn2)CC1O. The van der Waals surface area contributed by atoms with Crippen LogP contribution in [0.5, 0.6) is 0 Å². The number of hydrogen-bond acceptors (Lipinski definition) is 6. The number of hydrogen-bond donors (Lipinski definition) is 3. The van der Waals surface area contributed by atoms with Gasteiger partial charge in [0.05, 0.1) is 18.2 Å². The van der Waals surface area contributed by atoms with Gasteiger partial charge in [0.15, 0.2) is 5.03 Å². The van der Waals surface area contributed by atoms with Gasteiger partial charge in [-0.05, 0) is 37.3 Å². The van der Waals surface area contributed by atoms with Crippen molar-refractivity contribution in [2.24, 2.45) is 11.7 Å². The first-order valence-electron chi connectivity index (χ1n) is 10.5. The van der Waals surface area contributed by atoms with Crippen LogP contribution < -0.4 is 11.1 Å². The molecule has 3 unspecified atom stereocenters. The van der Waals surface area contributed by atoms with Gasteiger partial charge in [0, 0.05) is 19.3 Å². The van der Waals surface area contributed by atoms with Gasteiger partial charge in [-0.1, -0.05) is 38.2 Å². The van der Waals surface area contributed by atoms with E-state index < -0.39 is 28.2 Å². The molecule has 2 fully saturated rings. The molecule has 2 heterocycles. The Bertz CT molecular complexity index is 768. The number of amides is 1. The van der Waals surface area contributed by atoms with E-state index in [0.717, 1.165) is 12.8 Å². The number of pyridine rings is 1. The van der Waals surface area contributed by atoms with Crippen molar-refractivity contribution in [3.63, 3.8) is 0 Å². The normalized spacial score (nSPS) is 25.9. The van der Waals surface area contributed by atoms with Gasteiger partial charge in [-0.2, -0.15) is 4.31 Å². The summed E-state index contributed by atoms with van der Waals surface area (Å²) in [6.45, 7) is 0.193. The first kappa shape index (κ1) is 22.1. The number of aromatic nitrogens is 1. The Morgan fingerprint density at radius 3 is 2.69 bits per heavy atom. The van der Waals surface area contributed by atoms with Gasteiger partial charge in [-0.3, -0.25) is 4.79 Å². The third-order valence-corrected chi connectivity index (χ3v) is 7.78. The summed E-state index contributed by atoms with van der Waals surface area (Å²) in [4.78, 5) is 16.5. The number of nitrogens with zero attached hydrogens (tertiary/aromatic N) is 2. The first-order valence-corrected chi connectivity index (χ1v) is 12.0. The number of sulfonamides is 1. The van der Waals surface area contributed by atoms with Crippen molar-refractivity contribution >= 4 is 15.9 Å². The number of aliphatic hydroxyl groups is 1. The zero-order valence-electron chi connectivity index (χ0n) is 16.7. The number of β-amino-alcohol motifs (C(OH)–C–C–N with tert-alkyl or cyclic N) is 1. The van der Waals surface area contributed by atoms with Gasteiger partial charge in [0.1, 0.15) is 0 Å². The molecule has 0 aromatic carbocycles. The van der Waals surface area contributed by atoms with Gasteiger partial charge in [-0.15, -0.1) is 0 Å². The molecule has 2 aliphatic rings. The van der Waals surface area contributed by atoms with Crippen LogP contribution in [0.25, 0.3) is 0 Å². The molecule has 162 valence electrons. The summed E-state index contributed by atoms with van der Waals surface area (Å²) >= 11 is 0. The Labute approximate surface area is 172 Å². The highest BCUT2D eigenvalue weighted by Crippen LogP contribution is 2.27. The molecule has 0 radical (unpaired) electrons. The molecule has 1 saturated heterocycles. The second kappa shape index (κ2) is 9.97. The number of nitrogens with one attached hydrogen (secondary N) is 1. The van der Waals surface area contributed by atoms with E-state index >= 15 is 0 Å². The molecule has 8 nitrogen and oxygen atoms in total. The maximum Gasteiger partial charge on any atom is 0.260 e. The van der Waals surface area contributed by atoms with Gasteiger partial charge in [0.2, 0.25) is 5.91 Å². The molecule has 1 aliphatic heterocycles. The van der Waals surface area contributed by atoms with Crippen LogP contribution in [0.4, 0.5) is 0 Å². The lowest BCUT2D eigenvalue weighted by Gasteiger charge is -2.27. The minimum Gasteiger partial charge on any atom is -0.390 e. The quantitative estimate of drug-likeness (QED) is 0.626. The molecule has 1 aromatic rings. The fourth-order valence-electron chi connectivity index (χ4n) is 4.30. The van der Waals surface area contributed by atoms with Crippen LogP contribution in [-0.2, 0) is 14.8 Å². The number of nitrogens with two attached hydrogens (primary N) is 1. The highest BCUT2D eigenvalue weighted by atomic mass is 32.2. The summed E-state index contributed by atoms with van der Waals surface area (Å²) < 4.78 is 26.8. The van der Waals surface area contributed by atoms with E-state index in [1.54, 1.807) is 12.1 Å². The van der Waals surface area contributed by atoms with Crippen molar-refractivity contribution in [1.82, 2.24) is 14.6 Å². The van der Waals surface area contributed by atoms with E-state index in [0.29, 0.717) is 25.2 Å². The van der Waals surface area contributed by atoms with Crippen molar-refractivity contribution in [3.8, 4) is 0 Å². The van der Waals surface area contributed by atoms with Crippen LogP contribution in [0.1, 0.15) is 51.4 Å². The molecule has 1 aromatic heterocycles. The molecular weight excluding hydrogens is 392 g/mol. The Hall–Kier alpha value is -1.55. The second-order valence-electron chi connectivity index (χ2n) is 8.20. The lowest BCUT2D eigenvalue weighted by Crippen LogP contribution is -2.52. The van der Waals surface area contributed by atoms with Gasteiger partial charge in [0.25, 0.3) is 10.0 Å². The molecule has 1 aliphatic carbocycles. The first-order chi connectivity index (χ1) is 13.9. The summed E-state index contributed by atoms with van der Waals surface area (Å²) in [6.07, 6.45) is 8.00. The fourth-order valence-corrected chi connectivity index (χ4v) is 5.73. The lowest BCUT2D eigenvalue weighted by atomic mass is 9.85. The van der Waals surface area contributed by atoms with Crippen LogP contribution in [0.15, 0.2) is 29.4 Å². The van der Waals surface area contributed by atoms with Crippen molar-refractivity contribution in [2.75, 3.05) is 13.1 Å². The molecular formula is C20H32N4O4S. The molecule has 1 amide bonds. The summed E-state index contributed by atoms with van der Waals surface area (Å²) in [5.41, 5.74) is 6.11. The second-order valence-corrected chi connectivity index (χ2v) is 10.1. The lowest BCUT2D eigenvalue weighted by molar-refractivity contribution is -0.124. The van der Waals surface area contributed by atoms with E-state index in [4.69, 9.17) is 5.73 Å². The van der Waals surface area contributed by atoms with Crippen LogP contribution in [-0.4, -0.2) is 60.0 Å². The van der Waals surface area contributed by atoms with Gasteiger partial charge < -0.3 is 16.2 Å². The third-order valence-electron chi connectivity index (χ3n) is 6.00. The van der Waals surface area contributed by atoms with Crippen molar-refractivity contribution in [1.29, 1.82) is 0 Å². The van der Waals surface area contributed by atoms with Gasteiger partial charge >= 0.3 is 0 Å². The van der Waals surface area contributed by atoms with Crippen LogP contribution >= 0.6 is 0 Å². The molecule has 3 rings (SSSR count). The number of carbonyl (C=O) groups is 1. The molecule has 9 heteroatoms. The highest BCUT2D eigenvalue weighted by molar-refractivity contribution is 7.89. The summed E-state index contributed by atoms with van der Waals surface area (Å²) in [5.74, 6) is 0.225. The number of carbonyl (C=O) groups excluding carboxylic acids is 1. The van der Waals surface area contributed by atoms with Crippen LogP contribution in [0.2, 0.25) is 0 Å². The van der Waals surface area contributed by atoms with Crippen LogP contribution in [0.3, 0.4) is 0 Å². The average Bonchev–Trinajstić information content (AvgIpc) is 2.91. The Morgan fingerprint density at radius 2 is 2.00 bits per heavy atom. The predicted octanol–water partition coefficient (Wildman–Crippen LogP) is 1.01. The summed E-state index contributed by atoms with van der Waals surface area (Å²) in [5, 5.41) is 13.4. The summed E-state index contributed by atoms with van der Waals surface area (Å²) in [7, 11) is -3.78. The van der Waals surface area contributed by atoms with Crippen molar-refractivity contribution in [2.45, 2.75) is 74.6 Å². The van der Waals surface area contributed by atoms with E-state index in [2.05, 4.69) is 10.3 Å². The number of rotatable bonds is 6. The molecule has 3 atom stereocenters. The Balaban J connectivity index is 1.57. The largest absolute Gasteiger partial charge is 0.390 e. The summed E-state index contributed by atoms with van der Waals surface area (Å²) in [6, 6.07) is 3.60. The maximum absolute atomic E-state index is 12.8. The maximum atomic E-state index is 12.8. The number of aliphatic hydroxyl groups excluding tert-OH is 1. The highest BCUT2D eigenvalue weighted by Gasteiger charge is 2.34. The van der Waals surface area contributed by atoms with E-state index in [1.807, 2.05) is 0 Å². The zero-order valence-corrected chi connectivity index (χ0v) is 17.6. The molecule has 0 spiro atoms. The smallest absolute Gasteiger partial charge is 0.260 e. The fraction of sp³-hybridized carbons (Fsp3) is 0.700. The standard InChI is InChI=1S/C20H32N4O4S/c21-16(13-15-7-2-1-3-8-15)20(26)23-17-9-6-12-24(14-18(17)25)29(27,28)19-10-4-5-11-22-19/h4-5,10-11,15-18,25H,1-3,6-9,12-14,21H2,(H,23,26). The van der Waals surface area contributed by atoms with Crippen molar-refractivity contribution in [3.05, 3.63) is 24.4 Å². The monoisotopic (exact) mass is 424 g/mol. The van der Waals surface area contributed by atoms with Crippen molar-refractivity contribution < 1.29 is 18.3 Å². The van der Waals surface area contributed by atoms with E-state index in [-0.39, 0.29) is 24.0 Å². The van der Waals surface area contributed by atoms with Gasteiger partial charge in [-0.25, -0.2) is 13.4 Å². The molecule has 4 N–H and O–H groups in total. The average molecular weight is 425 g/mol. The third kappa shape index (κ3) is 5.75. The topological polar surface area (TPSA) is 126 Å². The van der Waals surface area contributed by atoms with E-state index in [1.165, 1.54) is 35.8 Å². The molecule has 0 bridgehead atoms. The van der Waals surface area contributed by atoms with Crippen LogP contribution in [0, 0.1) is 5.92 Å². The Kier molecular flexibility index (Phi) is 7.61.